The van der Waals surface area contributed by atoms with Crippen LogP contribution in [0.15, 0.2) is 60.7 Å². The van der Waals surface area contributed by atoms with Crippen molar-refractivity contribution in [2.75, 3.05) is 27.4 Å². The van der Waals surface area contributed by atoms with Gasteiger partial charge in [-0.15, -0.1) is 0 Å². The summed E-state index contributed by atoms with van der Waals surface area (Å²) in [5, 5.41) is 3.01. The Morgan fingerprint density at radius 1 is 0.895 bits per heavy atom. The molecule has 1 heterocycles. The lowest BCUT2D eigenvalue weighted by atomic mass is 10.1. The summed E-state index contributed by atoms with van der Waals surface area (Å²) in [7, 11) is 3.13. The number of carbonyl (C=O) groups excluding carboxylic acids is 1. The smallest absolute Gasteiger partial charge is 0.251 e. The van der Waals surface area contributed by atoms with Crippen molar-refractivity contribution >= 4 is 16.9 Å². The molecule has 0 saturated heterocycles. The Balaban J connectivity index is 1.30. The maximum atomic E-state index is 12.6. The van der Waals surface area contributed by atoms with Crippen molar-refractivity contribution in [3.05, 3.63) is 83.2 Å². The van der Waals surface area contributed by atoms with E-state index in [0.717, 1.165) is 54.8 Å². The number of aryl methyl sites for hydroxylation is 4. The first kappa shape index (κ1) is 27.0. The van der Waals surface area contributed by atoms with E-state index in [1.807, 2.05) is 6.07 Å². The molecule has 0 aliphatic heterocycles. The Kier molecular flexibility index (Phi) is 9.25. The zero-order chi connectivity index (χ0) is 26.9. The molecule has 1 aromatic heterocycles. The Hall–Kier alpha value is -4.00. The van der Waals surface area contributed by atoms with Crippen LogP contribution in [0, 0.1) is 13.8 Å². The Morgan fingerprint density at radius 2 is 1.66 bits per heavy atom. The fraction of sp³-hybridized carbons (Fsp3) is 0.355. The fourth-order valence-electron chi connectivity index (χ4n) is 4.67. The van der Waals surface area contributed by atoms with Crippen LogP contribution in [0.1, 0.15) is 46.6 Å². The van der Waals surface area contributed by atoms with Gasteiger partial charge in [0.15, 0.2) is 11.5 Å². The SMILES string of the molecule is COc1ccc(C(=O)NCCCc2nc3ccccc3n2CCCCOc2cc(C)cc(C)c2)cc1OC. The van der Waals surface area contributed by atoms with Crippen LogP contribution < -0.4 is 19.5 Å². The van der Waals surface area contributed by atoms with E-state index in [1.165, 1.54) is 11.1 Å². The molecule has 0 aliphatic rings. The zero-order valence-electron chi connectivity index (χ0n) is 22.8. The van der Waals surface area contributed by atoms with Crippen molar-refractivity contribution in [3.8, 4) is 17.2 Å². The van der Waals surface area contributed by atoms with Gasteiger partial charge in [0, 0.05) is 25.1 Å². The molecule has 0 saturated carbocycles. The first-order chi connectivity index (χ1) is 18.5. The van der Waals surface area contributed by atoms with Crippen LogP contribution in [-0.2, 0) is 13.0 Å². The average Bonchev–Trinajstić information content (AvgIpc) is 3.27. The Morgan fingerprint density at radius 3 is 2.42 bits per heavy atom. The summed E-state index contributed by atoms with van der Waals surface area (Å²) >= 11 is 0. The first-order valence-electron chi connectivity index (χ1n) is 13.1. The van der Waals surface area contributed by atoms with Gasteiger partial charge in [0.2, 0.25) is 0 Å². The number of hydrogen-bond donors (Lipinski definition) is 1. The number of nitrogens with zero attached hydrogens (tertiary/aromatic N) is 2. The molecular weight excluding hydrogens is 478 g/mol. The molecular formula is C31H37N3O4. The number of nitrogens with one attached hydrogen (secondary N) is 1. The van der Waals surface area contributed by atoms with Gasteiger partial charge in [-0.2, -0.15) is 0 Å². The number of carbonyl (C=O) groups is 1. The molecule has 4 rings (SSSR count). The summed E-state index contributed by atoms with van der Waals surface area (Å²) in [4.78, 5) is 17.5. The highest BCUT2D eigenvalue weighted by Crippen LogP contribution is 2.27. The van der Waals surface area contributed by atoms with E-state index < -0.39 is 0 Å². The normalized spacial score (nSPS) is 10.9. The molecule has 0 spiro atoms. The lowest BCUT2D eigenvalue weighted by molar-refractivity contribution is 0.0952. The van der Waals surface area contributed by atoms with Gasteiger partial charge < -0.3 is 24.1 Å². The third-order valence-electron chi connectivity index (χ3n) is 6.48. The molecule has 200 valence electrons. The number of aromatic nitrogens is 2. The van der Waals surface area contributed by atoms with Crippen LogP contribution in [0.4, 0.5) is 0 Å². The Bertz CT molecular complexity index is 1360. The predicted octanol–water partition coefficient (Wildman–Crippen LogP) is 5.89. The first-order valence-corrected chi connectivity index (χ1v) is 13.1. The molecule has 0 unspecified atom stereocenters. The second kappa shape index (κ2) is 13.0. The van der Waals surface area contributed by atoms with E-state index in [1.54, 1.807) is 32.4 Å². The van der Waals surface area contributed by atoms with Gasteiger partial charge in [-0.05, 0) is 86.7 Å². The fourth-order valence-corrected chi connectivity index (χ4v) is 4.67. The van der Waals surface area contributed by atoms with Gasteiger partial charge in [0.1, 0.15) is 11.6 Å². The van der Waals surface area contributed by atoms with Crippen LogP contribution in [-0.4, -0.2) is 42.8 Å². The minimum absolute atomic E-state index is 0.136. The van der Waals surface area contributed by atoms with Crippen LogP contribution in [0.5, 0.6) is 17.2 Å². The average molecular weight is 516 g/mol. The number of ether oxygens (including phenoxy) is 3. The highest BCUT2D eigenvalue weighted by Gasteiger charge is 2.12. The molecule has 0 atom stereocenters. The molecule has 7 heteroatoms. The number of hydrogen-bond acceptors (Lipinski definition) is 5. The molecule has 1 N–H and O–H groups in total. The summed E-state index contributed by atoms with van der Waals surface area (Å²) in [5.74, 6) is 2.98. The summed E-state index contributed by atoms with van der Waals surface area (Å²) in [6.07, 6.45) is 3.52. The topological polar surface area (TPSA) is 74.6 Å². The number of imidazole rings is 1. The summed E-state index contributed by atoms with van der Waals surface area (Å²) in [5.41, 5.74) is 5.12. The summed E-state index contributed by atoms with van der Waals surface area (Å²) in [6, 6.07) is 19.7. The number of methoxy groups -OCH3 is 2. The van der Waals surface area contributed by atoms with Crippen LogP contribution >= 0.6 is 0 Å². The maximum absolute atomic E-state index is 12.6. The predicted molar refractivity (Wildman–Crippen MR) is 151 cm³/mol. The van der Waals surface area contributed by atoms with Crippen molar-refractivity contribution in [2.24, 2.45) is 0 Å². The lowest BCUT2D eigenvalue weighted by Crippen LogP contribution is -2.25. The molecule has 3 aromatic carbocycles. The van der Waals surface area contributed by atoms with E-state index in [0.29, 0.717) is 30.2 Å². The van der Waals surface area contributed by atoms with E-state index in [4.69, 9.17) is 19.2 Å². The van der Waals surface area contributed by atoms with E-state index in [-0.39, 0.29) is 5.91 Å². The molecule has 7 nitrogen and oxygen atoms in total. The molecule has 0 fully saturated rings. The van der Waals surface area contributed by atoms with Gasteiger partial charge in [-0.1, -0.05) is 18.2 Å². The number of rotatable bonds is 13. The standard InChI is InChI=1S/C31H37N3O4/c1-22-18-23(2)20-25(19-22)38-17-8-7-16-34-27-11-6-5-10-26(27)33-30(34)12-9-15-32-31(35)24-13-14-28(36-3)29(21-24)37-4/h5-6,10-11,13-14,18-21H,7-9,12,15-17H2,1-4H3,(H,32,35). The van der Waals surface area contributed by atoms with Crippen molar-refractivity contribution in [1.29, 1.82) is 0 Å². The third-order valence-corrected chi connectivity index (χ3v) is 6.48. The van der Waals surface area contributed by atoms with Crippen LogP contribution in [0.3, 0.4) is 0 Å². The quantitative estimate of drug-likeness (QED) is 0.225. The number of benzene rings is 3. The van der Waals surface area contributed by atoms with Gasteiger partial charge in [0.25, 0.3) is 5.91 Å². The van der Waals surface area contributed by atoms with Gasteiger partial charge in [0.05, 0.1) is 31.9 Å². The summed E-state index contributed by atoms with van der Waals surface area (Å²) in [6.45, 7) is 6.30. The zero-order valence-corrected chi connectivity index (χ0v) is 22.8. The molecule has 1 amide bonds. The minimum atomic E-state index is -0.136. The van der Waals surface area contributed by atoms with Gasteiger partial charge in [-0.3, -0.25) is 4.79 Å². The number of amides is 1. The van der Waals surface area contributed by atoms with E-state index in [2.05, 4.69) is 60.1 Å². The lowest BCUT2D eigenvalue weighted by Gasteiger charge is -2.12. The highest BCUT2D eigenvalue weighted by atomic mass is 16.5. The van der Waals surface area contributed by atoms with Gasteiger partial charge >= 0.3 is 0 Å². The maximum Gasteiger partial charge on any atom is 0.251 e. The summed E-state index contributed by atoms with van der Waals surface area (Å²) < 4.78 is 18.9. The monoisotopic (exact) mass is 515 g/mol. The molecule has 38 heavy (non-hydrogen) atoms. The van der Waals surface area contributed by atoms with Gasteiger partial charge in [-0.25, -0.2) is 4.98 Å². The van der Waals surface area contributed by atoms with E-state index >= 15 is 0 Å². The Labute approximate surface area is 224 Å². The molecule has 4 aromatic rings. The van der Waals surface area contributed by atoms with Crippen LogP contribution in [0.25, 0.3) is 11.0 Å². The van der Waals surface area contributed by atoms with E-state index in [9.17, 15) is 4.79 Å². The second-order valence-corrected chi connectivity index (χ2v) is 9.48. The van der Waals surface area contributed by atoms with Crippen LogP contribution in [0.2, 0.25) is 0 Å². The van der Waals surface area contributed by atoms with Crippen molar-refractivity contribution in [3.63, 3.8) is 0 Å². The van der Waals surface area contributed by atoms with Crippen molar-refractivity contribution in [2.45, 2.75) is 46.1 Å². The van der Waals surface area contributed by atoms with Crippen molar-refractivity contribution in [1.82, 2.24) is 14.9 Å². The minimum Gasteiger partial charge on any atom is -0.494 e. The largest absolute Gasteiger partial charge is 0.494 e. The third kappa shape index (κ3) is 6.85. The highest BCUT2D eigenvalue weighted by molar-refractivity contribution is 5.94. The molecule has 0 radical (unpaired) electrons. The molecule has 0 bridgehead atoms. The van der Waals surface area contributed by atoms with Crippen molar-refractivity contribution < 1.29 is 19.0 Å². The number of unbranched alkanes of at least 4 members (excludes halogenated alkanes) is 1. The second-order valence-electron chi connectivity index (χ2n) is 9.48. The molecule has 0 aliphatic carbocycles. The number of para-hydroxylation sites is 2. The number of fused-ring (bicyclic) bond motifs is 1.